The van der Waals surface area contributed by atoms with Gasteiger partial charge in [-0.25, -0.2) is 0 Å². The summed E-state index contributed by atoms with van der Waals surface area (Å²) in [4.78, 5) is 4.04. The molecular formula is C9H14N4O. The molecule has 1 aromatic rings. The van der Waals surface area contributed by atoms with Gasteiger partial charge in [0.2, 0.25) is 5.95 Å². The number of anilines is 1. The van der Waals surface area contributed by atoms with Crippen molar-refractivity contribution in [3.63, 3.8) is 0 Å². The van der Waals surface area contributed by atoms with Gasteiger partial charge in [0.25, 0.3) is 0 Å². The van der Waals surface area contributed by atoms with Gasteiger partial charge in [-0.15, -0.1) is 5.10 Å². The van der Waals surface area contributed by atoms with Crippen LogP contribution in [-0.2, 0) is 6.42 Å². The van der Waals surface area contributed by atoms with Crippen molar-refractivity contribution in [2.45, 2.75) is 12.8 Å². The number of nitrogens with zero attached hydrogens (tertiary/aromatic N) is 2. The summed E-state index contributed by atoms with van der Waals surface area (Å²) < 4.78 is 0. The summed E-state index contributed by atoms with van der Waals surface area (Å²) in [5.74, 6) is 1.86. The third-order valence-electron chi connectivity index (χ3n) is 2.50. The molecule has 0 aliphatic heterocycles. The van der Waals surface area contributed by atoms with Crippen molar-refractivity contribution < 1.29 is 5.11 Å². The Balaban J connectivity index is 1.91. The lowest BCUT2D eigenvalue weighted by molar-refractivity contribution is 0.244. The Morgan fingerprint density at radius 2 is 2.29 bits per heavy atom. The highest BCUT2D eigenvalue weighted by Gasteiger charge is 2.19. The van der Waals surface area contributed by atoms with Crippen molar-refractivity contribution in [3.05, 3.63) is 18.0 Å². The summed E-state index contributed by atoms with van der Waals surface area (Å²) in [6.45, 7) is 0.228. The standard InChI is InChI=1S/C9H14N4O/c10-9-11-8(12-13-9)4-6-1-2-7(3-6)5-14/h1-2,6-7,14H,3-5H2,(H3,10,11,12,13)/t6-,7+/m0/s1. The van der Waals surface area contributed by atoms with Crippen LogP contribution in [0.5, 0.6) is 0 Å². The SMILES string of the molecule is Nc1n[nH]c(C[C@H]2C=C[C@@H](CO)C2)n1. The van der Waals surface area contributed by atoms with E-state index in [0.717, 1.165) is 18.7 Å². The van der Waals surface area contributed by atoms with E-state index in [2.05, 4.69) is 27.3 Å². The number of aliphatic hydroxyl groups excluding tert-OH is 1. The van der Waals surface area contributed by atoms with E-state index in [-0.39, 0.29) is 6.61 Å². The molecule has 4 N–H and O–H groups in total. The fourth-order valence-electron chi connectivity index (χ4n) is 1.80. The Morgan fingerprint density at radius 3 is 2.86 bits per heavy atom. The zero-order chi connectivity index (χ0) is 9.97. The predicted molar refractivity (Wildman–Crippen MR) is 52.3 cm³/mol. The molecule has 0 unspecified atom stereocenters. The highest BCUT2D eigenvalue weighted by molar-refractivity contribution is 5.14. The van der Waals surface area contributed by atoms with E-state index in [1.165, 1.54) is 0 Å². The van der Waals surface area contributed by atoms with Gasteiger partial charge in [0.1, 0.15) is 5.82 Å². The lowest BCUT2D eigenvalue weighted by Crippen LogP contribution is -2.05. The molecule has 0 fully saturated rings. The quantitative estimate of drug-likeness (QED) is 0.596. The summed E-state index contributed by atoms with van der Waals surface area (Å²) in [6.07, 6.45) is 5.98. The van der Waals surface area contributed by atoms with Gasteiger partial charge in [-0.2, -0.15) is 4.98 Å². The molecule has 0 radical (unpaired) electrons. The number of nitrogens with two attached hydrogens (primary N) is 1. The second kappa shape index (κ2) is 3.79. The second-order valence-electron chi connectivity index (χ2n) is 3.67. The van der Waals surface area contributed by atoms with Crippen molar-refractivity contribution >= 4 is 5.95 Å². The number of aromatic amines is 1. The van der Waals surface area contributed by atoms with Gasteiger partial charge in [0, 0.05) is 18.9 Å². The van der Waals surface area contributed by atoms with Gasteiger partial charge in [0.15, 0.2) is 0 Å². The van der Waals surface area contributed by atoms with Crippen molar-refractivity contribution in [1.82, 2.24) is 15.2 Å². The fourth-order valence-corrected chi connectivity index (χ4v) is 1.80. The number of hydrogen-bond acceptors (Lipinski definition) is 4. The first-order valence-corrected chi connectivity index (χ1v) is 4.74. The minimum absolute atomic E-state index is 0.228. The van der Waals surface area contributed by atoms with E-state index < -0.39 is 0 Å². The molecule has 14 heavy (non-hydrogen) atoms. The van der Waals surface area contributed by atoms with E-state index >= 15 is 0 Å². The predicted octanol–water partition coefficient (Wildman–Crippen LogP) is 0.114. The second-order valence-corrected chi connectivity index (χ2v) is 3.67. The first-order chi connectivity index (χ1) is 6.78. The Hall–Kier alpha value is -1.36. The number of aliphatic hydroxyl groups is 1. The molecule has 0 saturated heterocycles. The number of nitrogen functional groups attached to an aromatic ring is 1. The molecular weight excluding hydrogens is 180 g/mol. The van der Waals surface area contributed by atoms with Crippen LogP contribution >= 0.6 is 0 Å². The Labute approximate surface area is 82.0 Å². The Bertz CT molecular complexity index is 333. The summed E-state index contributed by atoms with van der Waals surface area (Å²) >= 11 is 0. The van der Waals surface area contributed by atoms with E-state index in [1.807, 2.05) is 0 Å². The van der Waals surface area contributed by atoms with E-state index in [1.54, 1.807) is 0 Å². The van der Waals surface area contributed by atoms with Gasteiger partial charge < -0.3 is 10.8 Å². The molecule has 1 aliphatic carbocycles. The number of aromatic nitrogens is 3. The van der Waals surface area contributed by atoms with Crippen molar-refractivity contribution in [3.8, 4) is 0 Å². The van der Waals surface area contributed by atoms with Crippen LogP contribution in [0.1, 0.15) is 12.2 Å². The maximum Gasteiger partial charge on any atom is 0.239 e. The fraction of sp³-hybridized carbons (Fsp3) is 0.556. The third kappa shape index (κ3) is 1.93. The highest BCUT2D eigenvalue weighted by atomic mass is 16.3. The molecule has 1 heterocycles. The number of H-pyrrole nitrogens is 1. The van der Waals surface area contributed by atoms with Gasteiger partial charge in [-0.3, -0.25) is 5.10 Å². The van der Waals surface area contributed by atoms with Crippen molar-refractivity contribution in [2.75, 3.05) is 12.3 Å². The van der Waals surface area contributed by atoms with Gasteiger partial charge >= 0.3 is 0 Å². The average molecular weight is 194 g/mol. The molecule has 2 atom stereocenters. The first-order valence-electron chi connectivity index (χ1n) is 4.74. The largest absolute Gasteiger partial charge is 0.396 e. The van der Waals surface area contributed by atoms with Crippen LogP contribution in [-0.4, -0.2) is 26.9 Å². The molecule has 5 nitrogen and oxygen atoms in total. The van der Waals surface area contributed by atoms with Crippen molar-refractivity contribution in [1.29, 1.82) is 0 Å². The molecule has 0 saturated carbocycles. The van der Waals surface area contributed by atoms with Crippen molar-refractivity contribution in [2.24, 2.45) is 11.8 Å². The maximum absolute atomic E-state index is 8.95. The Kier molecular flexibility index (Phi) is 2.49. The Morgan fingerprint density at radius 1 is 1.50 bits per heavy atom. The van der Waals surface area contributed by atoms with Gasteiger partial charge in [0.05, 0.1) is 0 Å². The zero-order valence-electron chi connectivity index (χ0n) is 7.85. The van der Waals surface area contributed by atoms with Crippen LogP contribution in [0.2, 0.25) is 0 Å². The van der Waals surface area contributed by atoms with E-state index in [0.29, 0.717) is 17.8 Å². The molecule has 0 aromatic carbocycles. The molecule has 5 heteroatoms. The van der Waals surface area contributed by atoms with Gasteiger partial charge in [-0.05, 0) is 12.3 Å². The number of hydrogen-bond donors (Lipinski definition) is 3. The molecule has 1 aliphatic rings. The smallest absolute Gasteiger partial charge is 0.239 e. The van der Waals surface area contributed by atoms with Crippen LogP contribution in [0, 0.1) is 11.8 Å². The summed E-state index contributed by atoms with van der Waals surface area (Å²) in [7, 11) is 0. The molecule has 0 bridgehead atoms. The van der Waals surface area contributed by atoms with Crippen LogP contribution < -0.4 is 5.73 Å². The average Bonchev–Trinajstić information content (AvgIpc) is 2.76. The van der Waals surface area contributed by atoms with E-state index in [4.69, 9.17) is 10.8 Å². The lowest BCUT2D eigenvalue weighted by atomic mass is 10.0. The molecule has 0 amide bonds. The first kappa shape index (κ1) is 9.21. The normalized spacial score (nSPS) is 25.8. The van der Waals surface area contributed by atoms with Crippen LogP contribution in [0.15, 0.2) is 12.2 Å². The monoisotopic (exact) mass is 194 g/mol. The maximum atomic E-state index is 8.95. The lowest BCUT2D eigenvalue weighted by Gasteiger charge is -2.07. The van der Waals surface area contributed by atoms with Crippen LogP contribution in [0.25, 0.3) is 0 Å². The molecule has 2 rings (SSSR count). The molecule has 1 aromatic heterocycles. The number of nitrogens with one attached hydrogen (secondary N) is 1. The summed E-state index contributed by atoms with van der Waals surface area (Å²) in [5, 5.41) is 15.5. The van der Waals surface area contributed by atoms with E-state index in [9.17, 15) is 0 Å². The number of allylic oxidation sites excluding steroid dienone is 1. The van der Waals surface area contributed by atoms with Gasteiger partial charge in [-0.1, -0.05) is 12.2 Å². The minimum atomic E-state index is 0.228. The third-order valence-corrected chi connectivity index (χ3v) is 2.50. The zero-order valence-corrected chi connectivity index (χ0v) is 7.85. The molecule has 76 valence electrons. The van der Waals surface area contributed by atoms with Crippen LogP contribution in [0.4, 0.5) is 5.95 Å². The highest BCUT2D eigenvalue weighted by Crippen LogP contribution is 2.25. The minimum Gasteiger partial charge on any atom is -0.396 e. The molecule has 0 spiro atoms. The topological polar surface area (TPSA) is 87.8 Å². The van der Waals surface area contributed by atoms with Crippen LogP contribution in [0.3, 0.4) is 0 Å². The summed E-state index contributed by atoms with van der Waals surface area (Å²) in [5.41, 5.74) is 5.39. The summed E-state index contributed by atoms with van der Waals surface area (Å²) in [6, 6.07) is 0. The number of rotatable bonds is 3.